The normalized spacial score (nSPS) is 10.5. The topological polar surface area (TPSA) is 71.8 Å². The van der Waals surface area contributed by atoms with Crippen LogP contribution in [0.25, 0.3) is 5.69 Å². The molecule has 7 heteroatoms. The molecule has 140 valence electrons. The van der Waals surface area contributed by atoms with Crippen molar-refractivity contribution in [1.29, 1.82) is 0 Å². The van der Waals surface area contributed by atoms with Crippen molar-refractivity contribution in [2.75, 3.05) is 21.3 Å². The molecule has 1 heterocycles. The highest BCUT2D eigenvalue weighted by Gasteiger charge is 2.23. The molecule has 3 aromatic rings. The Morgan fingerprint density at radius 1 is 0.963 bits per heavy atom. The molecule has 27 heavy (non-hydrogen) atoms. The van der Waals surface area contributed by atoms with Crippen molar-refractivity contribution in [1.82, 2.24) is 9.78 Å². The predicted octanol–water partition coefficient (Wildman–Crippen LogP) is 3.26. The molecule has 1 aromatic heterocycles. The third-order valence-electron chi connectivity index (χ3n) is 3.85. The van der Waals surface area contributed by atoms with Gasteiger partial charge in [0.1, 0.15) is 17.1 Å². The molecule has 0 spiro atoms. The van der Waals surface area contributed by atoms with Gasteiger partial charge in [-0.2, -0.15) is 5.10 Å². The van der Waals surface area contributed by atoms with Crippen molar-refractivity contribution in [2.45, 2.75) is 6.61 Å². The smallest absolute Gasteiger partial charge is 0.352 e. The Hall–Kier alpha value is -3.32. The number of methoxy groups -OCH3 is 3. The summed E-state index contributed by atoms with van der Waals surface area (Å²) in [6.45, 7) is 0.294. The largest absolute Gasteiger partial charge is 0.496 e. The number of ether oxygens (including phenoxy) is 4. The Labute approximate surface area is 157 Å². The van der Waals surface area contributed by atoms with Gasteiger partial charge in [-0.05, 0) is 24.3 Å². The van der Waals surface area contributed by atoms with Crippen LogP contribution in [-0.4, -0.2) is 37.1 Å². The van der Waals surface area contributed by atoms with Crippen LogP contribution in [0.4, 0.5) is 0 Å². The van der Waals surface area contributed by atoms with E-state index < -0.39 is 5.97 Å². The second-order valence-electron chi connectivity index (χ2n) is 5.58. The molecule has 0 atom stereocenters. The van der Waals surface area contributed by atoms with E-state index in [9.17, 15) is 4.79 Å². The number of benzene rings is 2. The number of carbonyl (C=O) groups excluding carboxylic acids is 1. The predicted molar refractivity (Wildman–Crippen MR) is 98.8 cm³/mol. The fourth-order valence-electron chi connectivity index (χ4n) is 2.65. The van der Waals surface area contributed by atoms with E-state index in [-0.39, 0.29) is 11.4 Å². The zero-order valence-electron chi connectivity index (χ0n) is 15.3. The van der Waals surface area contributed by atoms with E-state index in [4.69, 9.17) is 18.9 Å². The summed E-state index contributed by atoms with van der Waals surface area (Å²) in [6, 6.07) is 16.1. The number of rotatable bonds is 7. The number of hydrogen-bond donors (Lipinski definition) is 0. The molecule has 0 amide bonds. The van der Waals surface area contributed by atoms with Crippen LogP contribution in [0, 0.1) is 0 Å². The van der Waals surface area contributed by atoms with Gasteiger partial charge in [0, 0.05) is 13.2 Å². The molecule has 0 N–H and O–H groups in total. The Balaban J connectivity index is 1.99. The van der Waals surface area contributed by atoms with Crippen LogP contribution in [0.2, 0.25) is 0 Å². The summed E-state index contributed by atoms with van der Waals surface area (Å²) in [7, 11) is 4.54. The third-order valence-corrected chi connectivity index (χ3v) is 3.85. The fourth-order valence-corrected chi connectivity index (χ4v) is 2.65. The van der Waals surface area contributed by atoms with Crippen molar-refractivity contribution < 1.29 is 23.7 Å². The van der Waals surface area contributed by atoms with Gasteiger partial charge in [0.05, 0.1) is 32.2 Å². The lowest BCUT2D eigenvalue weighted by Gasteiger charge is -2.12. The quantitative estimate of drug-likeness (QED) is 0.596. The van der Waals surface area contributed by atoms with Crippen LogP contribution in [0.1, 0.15) is 16.1 Å². The van der Waals surface area contributed by atoms with Gasteiger partial charge in [0.15, 0.2) is 0 Å². The maximum absolute atomic E-state index is 12.9. The summed E-state index contributed by atoms with van der Waals surface area (Å²) in [4.78, 5) is 12.9. The molecule has 0 radical (unpaired) electrons. The molecular formula is C20H20N2O5. The maximum Gasteiger partial charge on any atom is 0.352 e. The van der Waals surface area contributed by atoms with Crippen molar-refractivity contribution in [3.8, 4) is 23.1 Å². The molecule has 0 saturated heterocycles. The Morgan fingerprint density at radius 3 is 2.22 bits per heavy atom. The first kappa shape index (κ1) is 18.5. The van der Waals surface area contributed by atoms with E-state index in [2.05, 4.69) is 5.10 Å². The average Bonchev–Trinajstić information content (AvgIpc) is 3.10. The summed E-state index contributed by atoms with van der Waals surface area (Å²) in [5.74, 6) is 0.390. The highest BCUT2D eigenvalue weighted by atomic mass is 16.6. The van der Waals surface area contributed by atoms with Crippen LogP contribution in [0.3, 0.4) is 0 Å². The van der Waals surface area contributed by atoms with Crippen LogP contribution in [0.5, 0.6) is 17.4 Å². The number of aromatic nitrogens is 2. The molecule has 7 nitrogen and oxygen atoms in total. The molecule has 2 aromatic carbocycles. The first-order valence-corrected chi connectivity index (χ1v) is 8.24. The molecule has 0 aliphatic rings. The summed E-state index contributed by atoms with van der Waals surface area (Å²) in [6.07, 6.45) is 0. The van der Waals surface area contributed by atoms with Crippen LogP contribution < -0.4 is 14.2 Å². The number of carbonyl (C=O) groups is 1. The SMILES string of the molecule is COCc1cc(OC(=O)c2c(OC)cccc2OC)n(-c2ccccc2)n1. The lowest BCUT2D eigenvalue weighted by Crippen LogP contribution is -2.14. The standard InChI is InChI=1S/C20H20N2O5/c1-24-13-14-12-18(22(21-14)15-8-5-4-6-9-15)27-20(23)19-16(25-2)10-7-11-17(19)26-3/h4-12H,13H2,1-3H3. The van der Waals surface area contributed by atoms with E-state index in [1.54, 1.807) is 36.1 Å². The Morgan fingerprint density at radius 2 is 1.63 bits per heavy atom. The van der Waals surface area contributed by atoms with Gasteiger partial charge in [0.2, 0.25) is 5.88 Å². The molecule has 0 saturated carbocycles. The molecule has 0 fully saturated rings. The number of esters is 1. The third kappa shape index (κ3) is 3.93. The summed E-state index contributed by atoms with van der Waals surface area (Å²) >= 11 is 0. The van der Waals surface area contributed by atoms with Gasteiger partial charge >= 0.3 is 5.97 Å². The lowest BCUT2D eigenvalue weighted by atomic mass is 10.2. The number of hydrogen-bond acceptors (Lipinski definition) is 6. The van der Waals surface area contributed by atoms with Gasteiger partial charge in [-0.1, -0.05) is 24.3 Å². The minimum atomic E-state index is -0.606. The summed E-state index contributed by atoms with van der Waals surface area (Å²) in [5, 5.41) is 4.45. The molecular weight excluding hydrogens is 348 g/mol. The first-order valence-electron chi connectivity index (χ1n) is 8.24. The molecule has 0 unspecified atom stereocenters. The number of para-hydroxylation sites is 1. The van der Waals surface area contributed by atoms with Crippen molar-refractivity contribution in [2.24, 2.45) is 0 Å². The zero-order valence-corrected chi connectivity index (χ0v) is 15.3. The average molecular weight is 368 g/mol. The van der Waals surface area contributed by atoms with Gasteiger partial charge < -0.3 is 18.9 Å². The van der Waals surface area contributed by atoms with Crippen molar-refractivity contribution >= 4 is 5.97 Å². The van der Waals surface area contributed by atoms with E-state index in [0.29, 0.717) is 23.8 Å². The molecule has 0 bridgehead atoms. The highest BCUT2D eigenvalue weighted by molar-refractivity contribution is 5.96. The molecule has 3 rings (SSSR count). The summed E-state index contributed by atoms with van der Waals surface area (Å²) < 4.78 is 22.9. The molecule has 0 aliphatic carbocycles. The monoisotopic (exact) mass is 368 g/mol. The fraction of sp³-hybridized carbons (Fsp3) is 0.200. The number of nitrogens with zero attached hydrogens (tertiary/aromatic N) is 2. The second kappa shape index (κ2) is 8.37. The van der Waals surface area contributed by atoms with Crippen LogP contribution in [0.15, 0.2) is 54.6 Å². The van der Waals surface area contributed by atoms with Gasteiger partial charge in [-0.25, -0.2) is 9.48 Å². The van der Waals surface area contributed by atoms with E-state index in [1.165, 1.54) is 14.2 Å². The molecule has 0 aliphatic heterocycles. The first-order chi connectivity index (χ1) is 13.2. The van der Waals surface area contributed by atoms with Crippen molar-refractivity contribution in [3.63, 3.8) is 0 Å². The van der Waals surface area contributed by atoms with Crippen molar-refractivity contribution in [3.05, 3.63) is 65.9 Å². The van der Waals surface area contributed by atoms with Gasteiger partial charge in [-0.15, -0.1) is 0 Å². The minimum absolute atomic E-state index is 0.205. The maximum atomic E-state index is 12.9. The highest BCUT2D eigenvalue weighted by Crippen LogP contribution is 2.30. The van der Waals surface area contributed by atoms with E-state index in [0.717, 1.165) is 5.69 Å². The van der Waals surface area contributed by atoms with E-state index >= 15 is 0 Å². The minimum Gasteiger partial charge on any atom is -0.496 e. The second-order valence-corrected chi connectivity index (χ2v) is 5.58. The van der Waals surface area contributed by atoms with Gasteiger partial charge in [0.25, 0.3) is 0 Å². The lowest BCUT2D eigenvalue weighted by molar-refractivity contribution is 0.0716. The van der Waals surface area contributed by atoms with Crippen LogP contribution in [-0.2, 0) is 11.3 Å². The van der Waals surface area contributed by atoms with Crippen LogP contribution >= 0.6 is 0 Å². The summed E-state index contributed by atoms with van der Waals surface area (Å²) in [5.41, 5.74) is 1.60. The van der Waals surface area contributed by atoms with E-state index in [1.807, 2.05) is 30.3 Å². The Kier molecular flexibility index (Phi) is 5.73. The van der Waals surface area contributed by atoms with Gasteiger partial charge in [-0.3, -0.25) is 0 Å². The Bertz CT molecular complexity index is 899. The zero-order chi connectivity index (χ0) is 19.2.